The molecule has 0 amide bonds. The van der Waals surface area contributed by atoms with Gasteiger partial charge in [0.15, 0.2) is 0 Å². The Labute approximate surface area is 92.8 Å². The summed E-state index contributed by atoms with van der Waals surface area (Å²) in [7, 11) is -1.95. The molecule has 0 unspecified atom stereocenters. The Bertz CT molecular complexity index is 392. The summed E-state index contributed by atoms with van der Waals surface area (Å²) < 4.78 is 18.0. The van der Waals surface area contributed by atoms with E-state index >= 15 is 0 Å². The lowest BCUT2D eigenvalue weighted by atomic mass is 9.79. The van der Waals surface area contributed by atoms with Crippen molar-refractivity contribution in [1.29, 1.82) is 0 Å². The van der Waals surface area contributed by atoms with Crippen LogP contribution in [0.25, 0.3) is 0 Å². The minimum absolute atomic E-state index is 0.0817. The van der Waals surface area contributed by atoms with Crippen LogP contribution in [0.2, 0.25) is 0 Å². The first kappa shape index (κ1) is 12.7. The third-order valence-electron chi connectivity index (χ3n) is 1.85. The van der Waals surface area contributed by atoms with Crippen molar-refractivity contribution in [1.82, 2.24) is 0 Å². The first-order valence-corrected chi connectivity index (χ1v) is 4.78. The van der Waals surface area contributed by atoms with Crippen molar-refractivity contribution >= 4 is 18.6 Å². The zero-order chi connectivity index (χ0) is 12.3. The smallest absolute Gasteiger partial charge is 0.459 e. The molecule has 0 saturated carbocycles. The lowest BCUT2D eigenvalue weighted by Crippen LogP contribution is -2.33. The second-order valence-corrected chi connectivity index (χ2v) is 3.56. The summed E-state index contributed by atoms with van der Waals surface area (Å²) in [4.78, 5) is 11.4. The van der Waals surface area contributed by atoms with Gasteiger partial charge in [-0.25, -0.2) is 9.18 Å². The molecule has 0 bridgehead atoms. The molecule has 0 radical (unpaired) electrons. The van der Waals surface area contributed by atoms with Crippen molar-refractivity contribution in [2.24, 2.45) is 0 Å². The maximum atomic E-state index is 13.1. The number of ether oxygens (including phenoxy) is 1. The fourth-order valence-electron chi connectivity index (χ4n) is 1.15. The average molecular weight is 226 g/mol. The highest BCUT2D eigenvalue weighted by Gasteiger charge is 2.19. The van der Waals surface area contributed by atoms with E-state index in [1.54, 1.807) is 13.8 Å². The van der Waals surface area contributed by atoms with Gasteiger partial charge >= 0.3 is 13.1 Å². The number of halogens is 1. The third kappa shape index (κ3) is 3.05. The van der Waals surface area contributed by atoms with Gasteiger partial charge in [-0.1, -0.05) is 0 Å². The van der Waals surface area contributed by atoms with Crippen LogP contribution in [0.5, 0.6) is 0 Å². The molecule has 1 aromatic carbocycles. The van der Waals surface area contributed by atoms with Crippen LogP contribution < -0.4 is 5.46 Å². The van der Waals surface area contributed by atoms with Gasteiger partial charge < -0.3 is 14.8 Å². The monoisotopic (exact) mass is 226 g/mol. The number of carbonyl (C=O) groups excluding carboxylic acids is 1. The molecule has 1 aromatic rings. The van der Waals surface area contributed by atoms with Crippen molar-refractivity contribution in [3.8, 4) is 0 Å². The third-order valence-corrected chi connectivity index (χ3v) is 1.85. The normalized spacial score (nSPS) is 10.4. The summed E-state index contributed by atoms with van der Waals surface area (Å²) in [6, 6.07) is 3.28. The molecule has 0 heterocycles. The second-order valence-electron chi connectivity index (χ2n) is 3.56. The Morgan fingerprint density at radius 2 is 2.06 bits per heavy atom. The van der Waals surface area contributed by atoms with Crippen molar-refractivity contribution in [2.75, 3.05) is 0 Å². The first-order valence-electron chi connectivity index (χ1n) is 4.78. The van der Waals surface area contributed by atoms with Crippen LogP contribution in [0.1, 0.15) is 24.2 Å². The van der Waals surface area contributed by atoms with E-state index < -0.39 is 18.9 Å². The summed E-state index contributed by atoms with van der Waals surface area (Å²) >= 11 is 0. The van der Waals surface area contributed by atoms with Gasteiger partial charge in [-0.15, -0.1) is 0 Å². The zero-order valence-corrected chi connectivity index (χ0v) is 8.98. The molecule has 0 atom stereocenters. The highest BCUT2D eigenvalue weighted by Crippen LogP contribution is 2.05. The Morgan fingerprint density at radius 1 is 1.44 bits per heavy atom. The van der Waals surface area contributed by atoms with Gasteiger partial charge in [0.25, 0.3) is 0 Å². The molecule has 0 aliphatic heterocycles. The summed E-state index contributed by atoms with van der Waals surface area (Å²) in [5, 5.41) is 17.7. The van der Waals surface area contributed by atoms with Crippen molar-refractivity contribution in [3.63, 3.8) is 0 Å². The molecular formula is C10H12BFO4. The molecule has 1 rings (SSSR count). The molecule has 2 N–H and O–H groups in total. The van der Waals surface area contributed by atoms with Gasteiger partial charge in [-0.3, -0.25) is 0 Å². The van der Waals surface area contributed by atoms with Crippen LogP contribution in [-0.4, -0.2) is 29.2 Å². The number of carbonyl (C=O) groups is 1. The predicted octanol–water partition coefficient (Wildman–Crippen LogP) is 0.0707. The average Bonchev–Trinajstić information content (AvgIpc) is 2.16. The summed E-state index contributed by atoms with van der Waals surface area (Å²) in [6.45, 7) is 3.37. The maximum absolute atomic E-state index is 13.1. The SMILES string of the molecule is CC(C)OC(=O)c1ccc(F)c(B(O)O)c1. The van der Waals surface area contributed by atoms with E-state index in [0.717, 1.165) is 12.1 Å². The van der Waals surface area contributed by atoms with E-state index in [4.69, 9.17) is 14.8 Å². The molecule has 6 heteroatoms. The summed E-state index contributed by atoms with van der Waals surface area (Å²) in [6.07, 6.45) is -0.292. The van der Waals surface area contributed by atoms with Gasteiger partial charge in [0.05, 0.1) is 11.7 Å². The largest absolute Gasteiger partial charge is 0.491 e. The molecule has 0 aromatic heterocycles. The molecular weight excluding hydrogens is 214 g/mol. The van der Waals surface area contributed by atoms with Crippen LogP contribution >= 0.6 is 0 Å². The van der Waals surface area contributed by atoms with E-state index in [1.807, 2.05) is 0 Å². The Balaban J connectivity index is 2.98. The lowest BCUT2D eigenvalue weighted by molar-refractivity contribution is 0.0378. The standard InChI is InChI=1S/C10H12BFO4/c1-6(2)16-10(13)7-3-4-9(12)8(5-7)11(14)15/h3-6,14-15H,1-2H3. The van der Waals surface area contributed by atoms with Crippen molar-refractivity contribution < 1.29 is 24.0 Å². The molecule has 0 spiro atoms. The van der Waals surface area contributed by atoms with Crippen LogP contribution in [0.3, 0.4) is 0 Å². The number of rotatable bonds is 3. The lowest BCUT2D eigenvalue weighted by Gasteiger charge is -2.09. The van der Waals surface area contributed by atoms with Crippen molar-refractivity contribution in [3.05, 3.63) is 29.6 Å². The molecule has 0 aliphatic carbocycles. The highest BCUT2D eigenvalue weighted by molar-refractivity contribution is 6.58. The van der Waals surface area contributed by atoms with E-state index in [9.17, 15) is 9.18 Å². The fourth-order valence-corrected chi connectivity index (χ4v) is 1.15. The van der Waals surface area contributed by atoms with Gasteiger partial charge in [-0.2, -0.15) is 0 Å². The van der Waals surface area contributed by atoms with E-state index in [2.05, 4.69) is 0 Å². The maximum Gasteiger partial charge on any atom is 0.491 e. The fraction of sp³-hybridized carbons (Fsp3) is 0.300. The number of esters is 1. The minimum atomic E-state index is -1.95. The number of hydrogen-bond acceptors (Lipinski definition) is 4. The molecule has 0 saturated heterocycles. The first-order chi connectivity index (χ1) is 7.41. The molecule has 4 nitrogen and oxygen atoms in total. The Hall–Kier alpha value is -1.40. The van der Waals surface area contributed by atoms with E-state index in [-0.39, 0.29) is 17.1 Å². The number of benzene rings is 1. The molecule has 16 heavy (non-hydrogen) atoms. The van der Waals surface area contributed by atoms with Crippen molar-refractivity contribution in [2.45, 2.75) is 20.0 Å². The van der Waals surface area contributed by atoms with Gasteiger partial charge in [-0.05, 0) is 32.0 Å². The molecule has 0 fully saturated rings. The van der Waals surface area contributed by atoms with Crippen LogP contribution in [0.15, 0.2) is 18.2 Å². The second kappa shape index (κ2) is 5.09. The Morgan fingerprint density at radius 3 is 2.56 bits per heavy atom. The predicted molar refractivity (Wildman–Crippen MR) is 56.8 cm³/mol. The van der Waals surface area contributed by atoms with Crippen LogP contribution in [0.4, 0.5) is 4.39 Å². The van der Waals surface area contributed by atoms with E-state index in [1.165, 1.54) is 6.07 Å². The zero-order valence-electron chi connectivity index (χ0n) is 8.98. The molecule has 0 aliphatic rings. The van der Waals surface area contributed by atoms with Gasteiger partial charge in [0.1, 0.15) is 5.82 Å². The van der Waals surface area contributed by atoms with Crippen LogP contribution in [-0.2, 0) is 4.74 Å². The summed E-state index contributed by atoms with van der Waals surface area (Å²) in [5.41, 5.74) is -0.267. The quantitative estimate of drug-likeness (QED) is 0.565. The van der Waals surface area contributed by atoms with Crippen LogP contribution in [0, 0.1) is 5.82 Å². The Kier molecular flexibility index (Phi) is 4.03. The summed E-state index contributed by atoms with van der Waals surface area (Å²) in [5.74, 6) is -1.41. The molecule has 86 valence electrons. The van der Waals surface area contributed by atoms with Gasteiger partial charge in [0.2, 0.25) is 0 Å². The van der Waals surface area contributed by atoms with Gasteiger partial charge in [0, 0.05) is 5.46 Å². The highest BCUT2D eigenvalue weighted by atomic mass is 19.1. The van der Waals surface area contributed by atoms with E-state index in [0.29, 0.717) is 0 Å². The number of hydrogen-bond donors (Lipinski definition) is 2. The minimum Gasteiger partial charge on any atom is -0.459 e. The topological polar surface area (TPSA) is 66.8 Å².